The topological polar surface area (TPSA) is 67.4 Å². The van der Waals surface area contributed by atoms with Crippen LogP contribution >= 0.6 is 11.6 Å². The van der Waals surface area contributed by atoms with Gasteiger partial charge in [0, 0.05) is 10.7 Å². The fourth-order valence-corrected chi connectivity index (χ4v) is 2.81. The Bertz CT molecular complexity index is 987. The summed E-state index contributed by atoms with van der Waals surface area (Å²) in [7, 11) is 1.58. The molecule has 5 nitrogen and oxygen atoms in total. The van der Waals surface area contributed by atoms with Gasteiger partial charge >= 0.3 is 0 Å². The second-order valence-corrected chi connectivity index (χ2v) is 6.52. The molecule has 0 heterocycles. The predicted molar refractivity (Wildman–Crippen MR) is 111 cm³/mol. The van der Waals surface area contributed by atoms with Crippen LogP contribution in [-0.2, 0) is 11.2 Å². The number of amides is 2. The fourth-order valence-electron chi connectivity index (χ4n) is 2.68. The second-order valence-electron chi connectivity index (χ2n) is 6.08. The average molecular weight is 395 g/mol. The lowest BCUT2D eigenvalue weighted by molar-refractivity contribution is -0.115. The Morgan fingerprint density at radius 1 is 0.929 bits per heavy atom. The lowest BCUT2D eigenvalue weighted by Gasteiger charge is -2.12. The Hall–Kier alpha value is -3.31. The Kier molecular flexibility index (Phi) is 6.29. The summed E-state index contributed by atoms with van der Waals surface area (Å²) in [5.41, 5.74) is 2.25. The van der Waals surface area contributed by atoms with Crippen LogP contribution in [0.5, 0.6) is 5.75 Å². The van der Waals surface area contributed by atoms with Gasteiger partial charge in [0.2, 0.25) is 5.91 Å². The molecule has 28 heavy (non-hydrogen) atoms. The maximum Gasteiger partial charge on any atom is 0.257 e. The molecule has 142 valence electrons. The van der Waals surface area contributed by atoms with Crippen LogP contribution < -0.4 is 15.4 Å². The van der Waals surface area contributed by atoms with Gasteiger partial charge in [-0.25, -0.2) is 0 Å². The Balaban J connectivity index is 1.71. The molecule has 0 saturated carbocycles. The number of hydrogen-bond acceptors (Lipinski definition) is 3. The van der Waals surface area contributed by atoms with Crippen LogP contribution in [0.1, 0.15) is 15.9 Å². The van der Waals surface area contributed by atoms with Crippen molar-refractivity contribution in [2.24, 2.45) is 0 Å². The molecular weight excluding hydrogens is 376 g/mol. The largest absolute Gasteiger partial charge is 0.497 e. The van der Waals surface area contributed by atoms with Gasteiger partial charge in [-0.3, -0.25) is 9.59 Å². The zero-order chi connectivity index (χ0) is 19.9. The van der Waals surface area contributed by atoms with E-state index in [0.29, 0.717) is 27.7 Å². The highest BCUT2D eigenvalue weighted by molar-refractivity contribution is 6.30. The van der Waals surface area contributed by atoms with E-state index in [1.165, 1.54) is 0 Å². The van der Waals surface area contributed by atoms with Gasteiger partial charge in [-0.05, 0) is 54.1 Å². The van der Waals surface area contributed by atoms with E-state index in [4.69, 9.17) is 16.3 Å². The maximum absolute atomic E-state index is 12.6. The quantitative estimate of drug-likeness (QED) is 0.632. The molecule has 3 rings (SSSR count). The number of halogens is 1. The minimum atomic E-state index is -0.320. The molecule has 0 fully saturated rings. The normalized spacial score (nSPS) is 10.2. The van der Waals surface area contributed by atoms with E-state index in [1.54, 1.807) is 61.7 Å². The summed E-state index contributed by atoms with van der Waals surface area (Å²) in [6.45, 7) is 0. The lowest BCUT2D eigenvalue weighted by atomic mass is 10.1. The first-order valence-electron chi connectivity index (χ1n) is 8.64. The van der Waals surface area contributed by atoms with Gasteiger partial charge in [0.25, 0.3) is 5.91 Å². The van der Waals surface area contributed by atoms with E-state index < -0.39 is 0 Å². The number of rotatable bonds is 6. The summed E-state index contributed by atoms with van der Waals surface area (Å²) < 4.78 is 5.18. The minimum absolute atomic E-state index is 0.171. The summed E-state index contributed by atoms with van der Waals surface area (Å²) in [6.07, 6.45) is 0.171. The summed E-state index contributed by atoms with van der Waals surface area (Å²) in [5, 5.41) is 6.20. The number of nitrogens with one attached hydrogen (secondary N) is 2. The predicted octanol–water partition coefficient (Wildman–Crippen LogP) is 4.78. The smallest absolute Gasteiger partial charge is 0.257 e. The van der Waals surface area contributed by atoms with Gasteiger partial charge < -0.3 is 15.4 Å². The average Bonchev–Trinajstić information content (AvgIpc) is 2.70. The molecule has 0 aliphatic heterocycles. The van der Waals surface area contributed by atoms with Crippen LogP contribution in [0.4, 0.5) is 11.4 Å². The van der Waals surface area contributed by atoms with Crippen LogP contribution in [0.3, 0.4) is 0 Å². The molecule has 6 heteroatoms. The van der Waals surface area contributed by atoms with Gasteiger partial charge in [-0.15, -0.1) is 0 Å². The van der Waals surface area contributed by atoms with Crippen molar-refractivity contribution in [3.05, 3.63) is 88.9 Å². The number of anilines is 2. The van der Waals surface area contributed by atoms with Gasteiger partial charge in [0.15, 0.2) is 0 Å². The molecular formula is C22H19ClN2O3. The second kappa shape index (κ2) is 9.06. The number of hydrogen-bond donors (Lipinski definition) is 2. The standard InChI is InChI=1S/C22H19ClN2O3/c1-28-18-6-4-5-15(13-18)14-21(26)25-20-8-3-2-7-19(20)22(27)24-17-11-9-16(23)10-12-17/h2-13H,14H2,1H3,(H,24,27)(H,25,26). The van der Waals surface area contributed by atoms with Crippen LogP contribution in [0.15, 0.2) is 72.8 Å². The first-order chi connectivity index (χ1) is 13.5. The van der Waals surface area contributed by atoms with E-state index in [9.17, 15) is 9.59 Å². The third kappa shape index (κ3) is 5.11. The van der Waals surface area contributed by atoms with Crippen molar-refractivity contribution in [2.75, 3.05) is 17.7 Å². The summed E-state index contributed by atoms with van der Waals surface area (Å²) in [4.78, 5) is 25.1. The molecule has 0 spiro atoms. The molecule has 0 aliphatic carbocycles. The highest BCUT2D eigenvalue weighted by atomic mass is 35.5. The fraction of sp³-hybridized carbons (Fsp3) is 0.0909. The first kappa shape index (κ1) is 19.5. The molecule has 0 atom stereocenters. The van der Waals surface area contributed by atoms with Crippen molar-refractivity contribution in [1.82, 2.24) is 0 Å². The molecule has 0 aromatic heterocycles. The maximum atomic E-state index is 12.6. The molecule has 0 saturated heterocycles. The Morgan fingerprint density at radius 2 is 1.68 bits per heavy atom. The number of benzene rings is 3. The zero-order valence-corrected chi connectivity index (χ0v) is 16.0. The third-order valence-corrected chi connectivity index (χ3v) is 4.30. The zero-order valence-electron chi connectivity index (χ0n) is 15.2. The van der Waals surface area contributed by atoms with E-state index in [2.05, 4.69) is 10.6 Å². The van der Waals surface area contributed by atoms with Crippen LogP contribution in [0.25, 0.3) is 0 Å². The Labute approximate surface area is 168 Å². The minimum Gasteiger partial charge on any atom is -0.497 e. The molecule has 2 N–H and O–H groups in total. The van der Waals surface area contributed by atoms with Gasteiger partial charge in [0.05, 0.1) is 24.8 Å². The number of carbonyl (C=O) groups excluding carboxylic acids is 2. The summed E-state index contributed by atoms with van der Waals surface area (Å²) in [6, 6.07) is 21.0. The SMILES string of the molecule is COc1cccc(CC(=O)Nc2ccccc2C(=O)Nc2ccc(Cl)cc2)c1. The van der Waals surface area contributed by atoms with E-state index in [-0.39, 0.29) is 18.2 Å². The first-order valence-corrected chi connectivity index (χ1v) is 9.01. The lowest BCUT2D eigenvalue weighted by Crippen LogP contribution is -2.19. The van der Waals surface area contributed by atoms with E-state index in [0.717, 1.165) is 5.56 Å². The van der Waals surface area contributed by atoms with Crippen molar-refractivity contribution in [1.29, 1.82) is 0 Å². The van der Waals surface area contributed by atoms with Crippen LogP contribution in [-0.4, -0.2) is 18.9 Å². The van der Waals surface area contributed by atoms with Crippen LogP contribution in [0, 0.1) is 0 Å². The van der Waals surface area contributed by atoms with Crippen molar-refractivity contribution < 1.29 is 14.3 Å². The third-order valence-electron chi connectivity index (χ3n) is 4.05. The van der Waals surface area contributed by atoms with Gasteiger partial charge in [0.1, 0.15) is 5.75 Å². The molecule has 3 aromatic rings. The van der Waals surface area contributed by atoms with E-state index in [1.807, 2.05) is 18.2 Å². The highest BCUT2D eigenvalue weighted by Gasteiger charge is 2.14. The summed E-state index contributed by atoms with van der Waals surface area (Å²) in [5.74, 6) is 0.146. The molecule has 0 bridgehead atoms. The van der Waals surface area contributed by atoms with Crippen LogP contribution in [0.2, 0.25) is 5.02 Å². The highest BCUT2D eigenvalue weighted by Crippen LogP contribution is 2.20. The number of carbonyl (C=O) groups is 2. The van der Waals surface area contributed by atoms with E-state index >= 15 is 0 Å². The van der Waals surface area contributed by atoms with Crippen molar-refractivity contribution >= 4 is 34.8 Å². The van der Waals surface area contributed by atoms with Crippen molar-refractivity contribution in [3.8, 4) is 5.75 Å². The summed E-state index contributed by atoms with van der Waals surface area (Å²) >= 11 is 5.87. The van der Waals surface area contributed by atoms with Gasteiger partial charge in [-0.2, -0.15) is 0 Å². The van der Waals surface area contributed by atoms with Crippen molar-refractivity contribution in [2.45, 2.75) is 6.42 Å². The Morgan fingerprint density at radius 3 is 2.43 bits per heavy atom. The molecule has 0 radical (unpaired) electrons. The molecule has 0 unspecified atom stereocenters. The molecule has 0 aliphatic rings. The number of methoxy groups -OCH3 is 1. The molecule has 3 aromatic carbocycles. The van der Waals surface area contributed by atoms with Gasteiger partial charge in [-0.1, -0.05) is 35.9 Å². The van der Waals surface area contributed by atoms with Crippen molar-refractivity contribution in [3.63, 3.8) is 0 Å². The number of para-hydroxylation sites is 1. The molecule has 2 amide bonds. The number of ether oxygens (including phenoxy) is 1. The monoisotopic (exact) mass is 394 g/mol.